The van der Waals surface area contributed by atoms with Crippen LogP contribution in [0.25, 0.3) is 83.9 Å². The van der Waals surface area contributed by atoms with Crippen molar-refractivity contribution in [1.82, 2.24) is 14.5 Å². The molecule has 382 valence electrons. The number of aromatic hydroxyl groups is 1. The third-order valence-electron chi connectivity index (χ3n) is 13.9. The van der Waals surface area contributed by atoms with Crippen molar-refractivity contribution in [3.8, 4) is 78.6 Å². The molecule has 0 aliphatic heterocycles. The molecule has 5 heteroatoms. The van der Waals surface area contributed by atoms with E-state index in [1.54, 1.807) is 0 Å². The number of nitrogens with zero attached hydrogens (tertiary/aromatic N) is 3. The summed E-state index contributed by atoms with van der Waals surface area (Å²) >= 11 is 0. The van der Waals surface area contributed by atoms with E-state index in [-0.39, 0.29) is 83.6 Å². The van der Waals surface area contributed by atoms with E-state index in [1.165, 1.54) is 11.1 Å². The van der Waals surface area contributed by atoms with E-state index in [2.05, 4.69) is 154 Å². The normalized spacial score (nSPS) is 13.9. The summed E-state index contributed by atoms with van der Waals surface area (Å²) in [6.07, 6.45) is -0.488. The number of hydrogen-bond acceptors (Lipinski definition) is 3. The molecule has 9 rings (SSSR count). The van der Waals surface area contributed by atoms with Gasteiger partial charge in [-0.05, 0) is 120 Å². The molecule has 0 amide bonds. The number of phenols is 1. The van der Waals surface area contributed by atoms with Gasteiger partial charge < -0.3 is 5.11 Å². The van der Waals surface area contributed by atoms with E-state index >= 15 is 0 Å². The fourth-order valence-electron chi connectivity index (χ4n) is 9.32. The van der Waals surface area contributed by atoms with Gasteiger partial charge in [-0.1, -0.05) is 224 Å². The van der Waals surface area contributed by atoms with Gasteiger partial charge in [-0.25, -0.2) is 4.98 Å². The number of fused-ring (bicyclic) bond motifs is 1. The van der Waals surface area contributed by atoms with Crippen LogP contribution in [0.5, 0.6) is 5.75 Å². The molecule has 0 saturated carbocycles. The summed E-state index contributed by atoms with van der Waals surface area (Å²) in [5.41, 5.74) is 11.8. The maximum atomic E-state index is 12.7. The summed E-state index contributed by atoms with van der Waals surface area (Å²) in [7, 11) is 0. The van der Waals surface area contributed by atoms with Crippen LogP contribution >= 0.6 is 0 Å². The summed E-state index contributed by atoms with van der Waals surface area (Å²) in [6.45, 7) is 33.9. The minimum atomic E-state index is -0.732. The van der Waals surface area contributed by atoms with Crippen molar-refractivity contribution < 1.29 is 35.8 Å². The standard InChI is InChI=1S/C69H74N3O.Pt/c1-43-33-46(49-37-53(66(5,6)7)40-54(38-49)67(8,9)10)27-30-60(43)72-61-24-20-23-56(62(61)71-64(72)57-41-55(68(11,12)13)42-58(63(57)73)69(14,15)16)50-34-48(44-21-18-17-19-22-44)35-51(36-50)59-39-47(31-32-70-59)45-25-28-52(29-26-45)65(2,3)4;/h17-35,37-42,73H,1-16H3;/q-1;/i25D,26D,28D,29D,31D,32D,39D;. The van der Waals surface area contributed by atoms with Crippen molar-refractivity contribution in [3.05, 3.63) is 191 Å². The van der Waals surface area contributed by atoms with Crippen molar-refractivity contribution in [2.24, 2.45) is 0 Å². The molecule has 0 unspecified atom stereocenters. The Kier molecular flexibility index (Phi) is 12.0. The molecule has 2 aromatic heterocycles. The Bertz CT molecular complexity index is 3900. The van der Waals surface area contributed by atoms with Gasteiger partial charge in [0.2, 0.25) is 0 Å². The second-order valence-corrected chi connectivity index (χ2v) is 24.9. The molecule has 0 aliphatic carbocycles. The van der Waals surface area contributed by atoms with Gasteiger partial charge >= 0.3 is 0 Å². The number of para-hydroxylation sites is 1. The van der Waals surface area contributed by atoms with E-state index < -0.39 is 35.1 Å². The summed E-state index contributed by atoms with van der Waals surface area (Å²) in [6, 6.07) is 38.8. The van der Waals surface area contributed by atoms with E-state index in [4.69, 9.17) is 10.5 Å². The number of imidazole rings is 1. The van der Waals surface area contributed by atoms with Crippen LogP contribution in [0.4, 0.5) is 0 Å². The molecule has 74 heavy (non-hydrogen) atoms. The molecule has 9 aromatic rings. The Morgan fingerprint density at radius 3 is 1.69 bits per heavy atom. The Labute approximate surface area is 466 Å². The Hall–Kier alpha value is -6.35. The summed E-state index contributed by atoms with van der Waals surface area (Å²) in [5.74, 6) is 0.693. The fraction of sp³-hybridized carbons (Fsp3) is 0.304. The molecule has 0 spiro atoms. The maximum absolute atomic E-state index is 12.7. The predicted molar refractivity (Wildman–Crippen MR) is 310 cm³/mol. The number of phenolic OH excluding ortho intramolecular Hbond substituents is 1. The van der Waals surface area contributed by atoms with Crippen LogP contribution in [0.3, 0.4) is 0 Å². The van der Waals surface area contributed by atoms with E-state index in [1.807, 2.05) is 81.4 Å². The average molecular weight is 1160 g/mol. The van der Waals surface area contributed by atoms with Crippen LogP contribution in [0, 0.1) is 13.0 Å². The molecule has 4 nitrogen and oxygen atoms in total. The zero-order valence-electron chi connectivity index (χ0n) is 53.0. The van der Waals surface area contributed by atoms with Gasteiger partial charge in [0.05, 0.1) is 31.9 Å². The van der Waals surface area contributed by atoms with Gasteiger partial charge in [-0.15, -0.1) is 23.8 Å². The van der Waals surface area contributed by atoms with Gasteiger partial charge in [-0.3, -0.25) is 9.55 Å². The van der Waals surface area contributed by atoms with E-state index in [9.17, 15) is 9.22 Å². The van der Waals surface area contributed by atoms with Gasteiger partial charge in [0, 0.05) is 38.5 Å². The third kappa shape index (κ3) is 10.9. The summed E-state index contributed by atoms with van der Waals surface area (Å²) in [5, 5.41) is 12.7. The van der Waals surface area contributed by atoms with Gasteiger partial charge in [0.25, 0.3) is 0 Å². The molecule has 0 radical (unpaired) electrons. The first-order valence-corrected chi connectivity index (χ1v) is 25.5. The monoisotopic (exact) mass is 1160 g/mol. The first kappa shape index (κ1) is 45.1. The molecule has 0 aliphatic rings. The smallest absolute Gasteiger partial charge is 0.148 e. The fourth-order valence-corrected chi connectivity index (χ4v) is 9.32. The zero-order valence-corrected chi connectivity index (χ0v) is 48.3. The molecule has 0 atom stereocenters. The average Bonchev–Trinajstić information content (AvgIpc) is 3.88. The van der Waals surface area contributed by atoms with Crippen LogP contribution in [-0.2, 0) is 48.1 Å². The number of pyridine rings is 1. The van der Waals surface area contributed by atoms with Crippen molar-refractivity contribution in [1.29, 1.82) is 0 Å². The first-order valence-electron chi connectivity index (χ1n) is 29.0. The molecular formula is C69H74N3OPt-. The Morgan fingerprint density at radius 1 is 0.500 bits per heavy atom. The number of aromatic nitrogens is 3. The molecule has 0 fully saturated rings. The zero-order chi connectivity index (χ0) is 58.7. The van der Waals surface area contributed by atoms with Crippen molar-refractivity contribution in [2.45, 2.75) is 138 Å². The maximum Gasteiger partial charge on any atom is 0.148 e. The van der Waals surface area contributed by atoms with Crippen molar-refractivity contribution >= 4 is 11.0 Å². The van der Waals surface area contributed by atoms with E-state index in [0.29, 0.717) is 33.6 Å². The molecular weight excluding hydrogens is 1080 g/mol. The van der Waals surface area contributed by atoms with Crippen LogP contribution in [-0.4, -0.2) is 19.6 Å². The minimum absolute atomic E-state index is 0. The number of benzene rings is 7. The number of hydrogen-bond donors (Lipinski definition) is 1. The van der Waals surface area contributed by atoms with Crippen LogP contribution in [0.2, 0.25) is 0 Å². The van der Waals surface area contributed by atoms with Crippen LogP contribution < -0.4 is 0 Å². The second kappa shape index (κ2) is 19.7. The quantitative estimate of drug-likeness (QED) is 0.162. The Morgan fingerprint density at radius 2 is 1.09 bits per heavy atom. The van der Waals surface area contributed by atoms with Crippen molar-refractivity contribution in [3.63, 3.8) is 0 Å². The van der Waals surface area contributed by atoms with Gasteiger partial charge in [0.15, 0.2) is 0 Å². The topological polar surface area (TPSA) is 50.9 Å². The Balaban J connectivity index is 0.00000860. The van der Waals surface area contributed by atoms with Crippen molar-refractivity contribution in [2.75, 3.05) is 0 Å². The molecule has 2 heterocycles. The SMILES string of the molecule is [2H]c1nc(-c2[c-]c(-c3cccc4c3nc(-c3cc(C(C)(C)C)cc(C(C)(C)C)c3O)n4-c3ccc(-c4cc(C(C)(C)C)cc(C(C)(C)C)c4)cc3C)cc(-c3ccccc3)c2)c([2H])c(-c2c([2H])c([2H])c(C(C)(C)C)c([2H])c2[2H])c1[2H].[Pt]. The molecule has 7 aromatic carbocycles. The summed E-state index contributed by atoms with van der Waals surface area (Å²) in [4.78, 5) is 10.2. The number of aryl methyl sites for hydroxylation is 1. The third-order valence-corrected chi connectivity index (χ3v) is 13.9. The van der Waals surface area contributed by atoms with Crippen LogP contribution in [0.1, 0.15) is 147 Å². The molecule has 0 saturated heterocycles. The molecule has 0 bridgehead atoms. The van der Waals surface area contributed by atoms with Crippen LogP contribution in [0.15, 0.2) is 152 Å². The van der Waals surface area contributed by atoms with E-state index in [0.717, 1.165) is 50.1 Å². The second-order valence-electron chi connectivity index (χ2n) is 24.9. The first-order chi connectivity index (χ1) is 37.1. The number of rotatable bonds is 7. The predicted octanol–water partition coefficient (Wildman–Crippen LogP) is 18.7. The largest absolute Gasteiger partial charge is 0.507 e. The summed E-state index contributed by atoms with van der Waals surface area (Å²) < 4.78 is 66.5. The van der Waals surface area contributed by atoms with Gasteiger partial charge in [-0.2, -0.15) is 0 Å². The molecule has 1 N–H and O–H groups in total. The minimum Gasteiger partial charge on any atom is -0.507 e. The van der Waals surface area contributed by atoms with Gasteiger partial charge in [0.1, 0.15) is 11.6 Å².